The highest BCUT2D eigenvalue weighted by atomic mass is 35.5. The number of halogens is 1. The van der Waals surface area contributed by atoms with E-state index in [9.17, 15) is 5.11 Å². The van der Waals surface area contributed by atoms with Crippen LogP contribution in [-0.4, -0.2) is 14.5 Å². The van der Waals surface area contributed by atoms with Crippen LogP contribution in [0.4, 0.5) is 0 Å². The van der Waals surface area contributed by atoms with Crippen molar-refractivity contribution in [3.8, 4) is 22.4 Å². The number of benzene rings is 2. The maximum atomic E-state index is 10.5. The van der Waals surface area contributed by atoms with E-state index >= 15 is 0 Å². The van der Waals surface area contributed by atoms with Crippen LogP contribution in [0.5, 0.6) is 0 Å². The fourth-order valence-electron chi connectivity index (χ4n) is 3.60. The van der Waals surface area contributed by atoms with Crippen molar-refractivity contribution in [1.82, 2.24) is 9.38 Å². The van der Waals surface area contributed by atoms with Gasteiger partial charge in [-0.3, -0.25) is 0 Å². The van der Waals surface area contributed by atoms with Crippen molar-refractivity contribution in [2.45, 2.75) is 38.7 Å². The molecule has 4 aromatic rings. The Morgan fingerprint density at radius 1 is 0.931 bits per heavy atom. The zero-order chi connectivity index (χ0) is 20.2. The first kappa shape index (κ1) is 19.7. The molecule has 0 saturated carbocycles. The van der Waals surface area contributed by atoms with Crippen molar-refractivity contribution < 1.29 is 5.11 Å². The van der Waals surface area contributed by atoms with E-state index in [1.807, 2.05) is 53.1 Å². The Morgan fingerprint density at radius 3 is 2.52 bits per heavy atom. The Labute approximate surface area is 176 Å². The van der Waals surface area contributed by atoms with Gasteiger partial charge in [0, 0.05) is 23.0 Å². The predicted octanol–water partition coefficient (Wildman–Crippen LogP) is 6.94. The number of nitrogens with zero attached hydrogens (tertiary/aromatic N) is 2. The first-order valence-electron chi connectivity index (χ1n) is 10.2. The number of rotatable bonds is 7. The van der Waals surface area contributed by atoms with Gasteiger partial charge in [0.25, 0.3) is 0 Å². The molecule has 0 fully saturated rings. The zero-order valence-corrected chi connectivity index (χ0v) is 17.3. The van der Waals surface area contributed by atoms with Gasteiger partial charge in [0.1, 0.15) is 5.65 Å². The van der Waals surface area contributed by atoms with Crippen LogP contribution in [0.1, 0.15) is 44.3 Å². The van der Waals surface area contributed by atoms with Gasteiger partial charge in [-0.15, -0.1) is 0 Å². The van der Waals surface area contributed by atoms with Crippen LogP contribution in [0, 0.1) is 0 Å². The zero-order valence-electron chi connectivity index (χ0n) is 16.6. The lowest BCUT2D eigenvalue weighted by Crippen LogP contribution is -1.97. The largest absolute Gasteiger partial charge is 0.388 e. The molecule has 0 saturated heterocycles. The molecule has 0 aliphatic heterocycles. The molecule has 1 atom stereocenters. The lowest BCUT2D eigenvalue weighted by Gasteiger charge is -2.12. The lowest BCUT2D eigenvalue weighted by atomic mass is 9.99. The maximum Gasteiger partial charge on any atom is 0.137 e. The smallest absolute Gasteiger partial charge is 0.137 e. The average Bonchev–Trinajstić information content (AvgIpc) is 3.18. The minimum absolute atomic E-state index is 0.407. The van der Waals surface area contributed by atoms with Crippen LogP contribution < -0.4 is 0 Å². The number of fused-ring (bicyclic) bond motifs is 1. The molecule has 2 aromatic heterocycles. The molecule has 0 spiro atoms. The molecule has 2 heterocycles. The quantitative estimate of drug-likeness (QED) is 0.339. The molecule has 0 amide bonds. The Hall–Kier alpha value is -2.62. The van der Waals surface area contributed by atoms with Crippen LogP contribution in [-0.2, 0) is 0 Å². The lowest BCUT2D eigenvalue weighted by molar-refractivity contribution is 0.163. The van der Waals surface area contributed by atoms with E-state index in [2.05, 4.69) is 31.3 Å². The minimum Gasteiger partial charge on any atom is -0.388 e. The van der Waals surface area contributed by atoms with E-state index < -0.39 is 6.10 Å². The standard InChI is InChI=1S/C25H25ClN2O/c1-2-3-4-8-24(29)20-7-5-6-19(15-20)21-11-14-25-27-23(17-28(25)16-21)18-9-12-22(26)13-10-18/h5-7,9-17,24,29H,2-4,8H2,1H3. The predicted molar refractivity (Wildman–Crippen MR) is 120 cm³/mol. The van der Waals surface area contributed by atoms with Crippen molar-refractivity contribution in [1.29, 1.82) is 0 Å². The summed E-state index contributed by atoms with van der Waals surface area (Å²) in [5.41, 5.74) is 6.03. The van der Waals surface area contributed by atoms with Crippen molar-refractivity contribution in [3.05, 3.63) is 83.6 Å². The Bertz CT molecular complexity index is 1100. The fraction of sp³-hybridized carbons (Fsp3) is 0.240. The molecule has 2 aromatic carbocycles. The highest BCUT2D eigenvalue weighted by molar-refractivity contribution is 6.30. The van der Waals surface area contributed by atoms with Gasteiger partial charge in [0.15, 0.2) is 0 Å². The van der Waals surface area contributed by atoms with E-state index in [0.29, 0.717) is 0 Å². The number of hydrogen-bond donors (Lipinski definition) is 1. The molecule has 1 unspecified atom stereocenters. The molecular weight excluding hydrogens is 380 g/mol. The number of imidazole rings is 1. The minimum atomic E-state index is -0.407. The second-order valence-electron chi connectivity index (χ2n) is 7.45. The van der Waals surface area contributed by atoms with Crippen molar-refractivity contribution in [2.24, 2.45) is 0 Å². The van der Waals surface area contributed by atoms with Crippen LogP contribution in [0.3, 0.4) is 0 Å². The Kier molecular flexibility index (Phi) is 5.98. The van der Waals surface area contributed by atoms with Crippen LogP contribution in [0.2, 0.25) is 5.02 Å². The Morgan fingerprint density at radius 2 is 1.72 bits per heavy atom. The summed E-state index contributed by atoms with van der Waals surface area (Å²) in [5, 5.41) is 11.2. The fourth-order valence-corrected chi connectivity index (χ4v) is 3.73. The molecule has 0 aliphatic rings. The van der Waals surface area contributed by atoms with Gasteiger partial charge in [-0.05, 0) is 53.4 Å². The molecule has 0 aliphatic carbocycles. The summed E-state index contributed by atoms with van der Waals surface area (Å²) >= 11 is 5.99. The van der Waals surface area contributed by atoms with E-state index in [4.69, 9.17) is 16.6 Å². The summed E-state index contributed by atoms with van der Waals surface area (Å²) in [7, 11) is 0. The average molecular weight is 405 g/mol. The number of pyridine rings is 1. The number of aromatic nitrogens is 2. The van der Waals surface area contributed by atoms with Gasteiger partial charge in [0.2, 0.25) is 0 Å². The van der Waals surface area contributed by atoms with E-state index in [1.165, 1.54) is 0 Å². The number of hydrogen-bond acceptors (Lipinski definition) is 2. The molecule has 3 nitrogen and oxygen atoms in total. The summed E-state index contributed by atoms with van der Waals surface area (Å²) in [6.07, 6.45) is 7.89. The van der Waals surface area contributed by atoms with Gasteiger partial charge in [0.05, 0.1) is 11.8 Å². The summed E-state index contributed by atoms with van der Waals surface area (Å²) in [6, 6.07) is 20.0. The highest BCUT2D eigenvalue weighted by Crippen LogP contribution is 2.27. The first-order valence-corrected chi connectivity index (χ1v) is 10.5. The molecule has 148 valence electrons. The summed E-state index contributed by atoms with van der Waals surface area (Å²) in [5.74, 6) is 0. The van der Waals surface area contributed by atoms with Crippen LogP contribution in [0.15, 0.2) is 73.1 Å². The SMILES string of the molecule is CCCCCC(O)c1cccc(-c2ccc3nc(-c4ccc(Cl)cc4)cn3c2)c1. The van der Waals surface area contributed by atoms with Gasteiger partial charge < -0.3 is 9.51 Å². The van der Waals surface area contributed by atoms with Crippen molar-refractivity contribution >= 4 is 17.2 Å². The highest BCUT2D eigenvalue weighted by Gasteiger charge is 2.10. The summed E-state index contributed by atoms with van der Waals surface area (Å²) < 4.78 is 2.05. The maximum absolute atomic E-state index is 10.5. The van der Waals surface area contributed by atoms with Crippen molar-refractivity contribution in [3.63, 3.8) is 0 Å². The normalized spacial score (nSPS) is 12.4. The van der Waals surface area contributed by atoms with E-state index in [0.717, 1.165) is 64.3 Å². The second kappa shape index (κ2) is 8.81. The third-order valence-corrected chi connectivity index (χ3v) is 5.53. The first-order chi connectivity index (χ1) is 14.1. The van der Waals surface area contributed by atoms with Crippen molar-refractivity contribution in [2.75, 3.05) is 0 Å². The third kappa shape index (κ3) is 4.52. The van der Waals surface area contributed by atoms with Crippen LogP contribution >= 0.6 is 11.6 Å². The number of aliphatic hydroxyl groups is 1. The summed E-state index contributed by atoms with van der Waals surface area (Å²) in [6.45, 7) is 2.18. The van der Waals surface area contributed by atoms with Gasteiger partial charge in [-0.2, -0.15) is 0 Å². The third-order valence-electron chi connectivity index (χ3n) is 5.28. The molecule has 29 heavy (non-hydrogen) atoms. The number of aliphatic hydroxyl groups excluding tert-OH is 1. The second-order valence-corrected chi connectivity index (χ2v) is 7.89. The Balaban J connectivity index is 1.61. The molecular formula is C25H25ClN2O. The number of unbranched alkanes of at least 4 members (excludes halogenated alkanes) is 2. The molecule has 0 bridgehead atoms. The molecule has 4 heteroatoms. The van der Waals surface area contributed by atoms with E-state index in [-0.39, 0.29) is 0 Å². The van der Waals surface area contributed by atoms with Gasteiger partial charge >= 0.3 is 0 Å². The van der Waals surface area contributed by atoms with Gasteiger partial charge in [-0.25, -0.2) is 4.98 Å². The van der Waals surface area contributed by atoms with Gasteiger partial charge in [-0.1, -0.05) is 68.1 Å². The molecule has 0 radical (unpaired) electrons. The molecule has 4 rings (SSSR count). The van der Waals surface area contributed by atoms with Crippen LogP contribution in [0.25, 0.3) is 28.0 Å². The summed E-state index contributed by atoms with van der Waals surface area (Å²) in [4.78, 5) is 4.71. The molecule has 1 N–H and O–H groups in total. The monoisotopic (exact) mass is 404 g/mol. The topological polar surface area (TPSA) is 37.5 Å². The van der Waals surface area contributed by atoms with E-state index in [1.54, 1.807) is 0 Å².